The number of pyridine rings is 1. The van der Waals surface area contributed by atoms with E-state index in [1.54, 1.807) is 0 Å². The number of aromatic nitrogens is 1. The van der Waals surface area contributed by atoms with Crippen molar-refractivity contribution in [3.8, 4) is 11.3 Å². The highest BCUT2D eigenvalue weighted by atomic mass is 79.9. The molecule has 0 bridgehead atoms. The number of hydrazine groups is 1. The number of halogens is 1. The number of rotatable bonds is 3. The molecule has 138 valence electrons. The number of nitrogens with one attached hydrogen (secondary N) is 1. The van der Waals surface area contributed by atoms with Crippen molar-refractivity contribution in [2.75, 3.05) is 33.2 Å². The maximum Gasteiger partial charge on any atom is 0.266 e. The molecule has 27 heavy (non-hydrogen) atoms. The molecule has 5 nitrogen and oxygen atoms in total. The summed E-state index contributed by atoms with van der Waals surface area (Å²) < 4.78 is 0.985. The molecule has 1 saturated heterocycles. The molecule has 0 saturated carbocycles. The molecule has 0 unspecified atom stereocenters. The molecule has 6 heteroatoms. The highest BCUT2D eigenvalue weighted by Crippen LogP contribution is 2.26. The predicted octanol–water partition coefficient (Wildman–Crippen LogP) is 3.56. The molecule has 3 aromatic rings. The predicted molar refractivity (Wildman–Crippen MR) is 111 cm³/mol. The fourth-order valence-corrected chi connectivity index (χ4v) is 3.68. The molecule has 1 amide bonds. The number of likely N-dealkylation sites (N-methyl/N-ethyl adjacent to an activating group) is 1. The lowest BCUT2D eigenvalue weighted by molar-refractivity contribution is 0.0664. The zero-order valence-electron chi connectivity index (χ0n) is 15.2. The van der Waals surface area contributed by atoms with Gasteiger partial charge in [0.05, 0.1) is 16.8 Å². The number of para-hydroxylation sites is 1. The summed E-state index contributed by atoms with van der Waals surface area (Å²) in [7, 11) is 2.10. The molecule has 0 aliphatic carbocycles. The first kappa shape index (κ1) is 18.1. The van der Waals surface area contributed by atoms with Gasteiger partial charge in [-0.25, -0.2) is 9.99 Å². The second-order valence-electron chi connectivity index (χ2n) is 6.81. The summed E-state index contributed by atoms with van der Waals surface area (Å²) in [6.07, 6.45) is 0. The van der Waals surface area contributed by atoms with Gasteiger partial charge in [-0.2, -0.15) is 0 Å². The largest absolute Gasteiger partial charge is 0.304 e. The standard InChI is InChI=1S/C21H21BrN4O/c1-25-9-11-26(12-10-25)24-21(27)18-14-20(15-5-4-6-16(22)13-15)23-19-8-3-2-7-17(18)19/h2-8,13-14H,9-12H2,1H3,(H,24,27). The van der Waals surface area contributed by atoms with Crippen molar-refractivity contribution in [1.82, 2.24) is 20.3 Å². The molecule has 0 atom stereocenters. The van der Waals surface area contributed by atoms with Gasteiger partial charge in [-0.05, 0) is 31.3 Å². The molecule has 1 aliphatic rings. The monoisotopic (exact) mass is 424 g/mol. The number of hydrogen-bond acceptors (Lipinski definition) is 4. The van der Waals surface area contributed by atoms with Crippen LogP contribution in [0.15, 0.2) is 59.1 Å². The SMILES string of the molecule is CN1CCN(NC(=O)c2cc(-c3cccc(Br)c3)nc3ccccc23)CC1. The fourth-order valence-electron chi connectivity index (χ4n) is 3.28. The topological polar surface area (TPSA) is 48.5 Å². The lowest BCUT2D eigenvalue weighted by atomic mass is 10.0. The Labute approximate surface area is 167 Å². The van der Waals surface area contributed by atoms with Crippen LogP contribution in [0.3, 0.4) is 0 Å². The molecular formula is C21H21BrN4O. The van der Waals surface area contributed by atoms with Crippen molar-refractivity contribution in [3.63, 3.8) is 0 Å². The number of carbonyl (C=O) groups excluding carboxylic acids is 1. The lowest BCUT2D eigenvalue weighted by Crippen LogP contribution is -2.52. The molecule has 2 aromatic carbocycles. The van der Waals surface area contributed by atoms with E-state index in [2.05, 4.69) is 33.3 Å². The van der Waals surface area contributed by atoms with E-state index in [0.29, 0.717) is 5.56 Å². The Bertz CT molecular complexity index is 983. The first-order chi connectivity index (χ1) is 13.1. The third-order valence-corrected chi connectivity index (χ3v) is 5.34. The Hall–Kier alpha value is -2.28. The van der Waals surface area contributed by atoms with Gasteiger partial charge in [0.25, 0.3) is 5.91 Å². The van der Waals surface area contributed by atoms with E-state index in [-0.39, 0.29) is 5.91 Å². The average Bonchev–Trinajstić information content (AvgIpc) is 2.69. The van der Waals surface area contributed by atoms with Crippen LogP contribution in [0.4, 0.5) is 0 Å². The van der Waals surface area contributed by atoms with E-state index in [0.717, 1.165) is 52.8 Å². The zero-order valence-corrected chi connectivity index (χ0v) is 16.7. The van der Waals surface area contributed by atoms with Crippen LogP contribution in [0.25, 0.3) is 22.2 Å². The van der Waals surface area contributed by atoms with Crippen molar-refractivity contribution in [2.24, 2.45) is 0 Å². The van der Waals surface area contributed by atoms with Gasteiger partial charge in [0.15, 0.2) is 0 Å². The highest BCUT2D eigenvalue weighted by molar-refractivity contribution is 9.10. The minimum absolute atomic E-state index is 0.0885. The van der Waals surface area contributed by atoms with Gasteiger partial charge in [0, 0.05) is 41.6 Å². The lowest BCUT2D eigenvalue weighted by Gasteiger charge is -2.32. The van der Waals surface area contributed by atoms with E-state index >= 15 is 0 Å². The van der Waals surface area contributed by atoms with Crippen LogP contribution in [0.1, 0.15) is 10.4 Å². The van der Waals surface area contributed by atoms with Crippen LogP contribution in [-0.4, -0.2) is 54.0 Å². The van der Waals surface area contributed by atoms with Gasteiger partial charge in [0.1, 0.15) is 0 Å². The molecule has 1 fully saturated rings. The second-order valence-corrected chi connectivity index (χ2v) is 7.73. The van der Waals surface area contributed by atoms with Gasteiger partial charge in [-0.1, -0.05) is 46.3 Å². The number of nitrogens with zero attached hydrogens (tertiary/aromatic N) is 3. The van der Waals surface area contributed by atoms with E-state index in [1.807, 2.05) is 59.6 Å². The van der Waals surface area contributed by atoms with Crippen molar-refractivity contribution in [2.45, 2.75) is 0 Å². The summed E-state index contributed by atoms with van der Waals surface area (Å²) >= 11 is 3.51. The summed E-state index contributed by atoms with van der Waals surface area (Å²) in [4.78, 5) is 20.1. The van der Waals surface area contributed by atoms with E-state index in [1.165, 1.54) is 0 Å². The van der Waals surface area contributed by atoms with Gasteiger partial charge in [-0.3, -0.25) is 10.2 Å². The maximum atomic E-state index is 13.1. The number of fused-ring (bicyclic) bond motifs is 1. The summed E-state index contributed by atoms with van der Waals surface area (Å²) in [6, 6.07) is 17.6. The quantitative estimate of drug-likeness (QED) is 0.698. The minimum atomic E-state index is -0.0885. The Morgan fingerprint density at radius 3 is 2.59 bits per heavy atom. The number of amides is 1. The fraction of sp³-hybridized carbons (Fsp3) is 0.238. The number of benzene rings is 2. The molecule has 2 heterocycles. The van der Waals surface area contributed by atoms with Crippen LogP contribution in [0.2, 0.25) is 0 Å². The Balaban J connectivity index is 1.71. The first-order valence-corrected chi connectivity index (χ1v) is 9.80. The highest BCUT2D eigenvalue weighted by Gasteiger charge is 2.19. The first-order valence-electron chi connectivity index (χ1n) is 9.00. The van der Waals surface area contributed by atoms with E-state index in [4.69, 9.17) is 4.98 Å². The van der Waals surface area contributed by atoms with Crippen molar-refractivity contribution in [3.05, 3.63) is 64.6 Å². The average molecular weight is 425 g/mol. The van der Waals surface area contributed by atoms with Crippen LogP contribution in [0, 0.1) is 0 Å². The smallest absolute Gasteiger partial charge is 0.266 e. The van der Waals surface area contributed by atoms with Gasteiger partial charge < -0.3 is 4.90 Å². The van der Waals surface area contributed by atoms with Gasteiger partial charge in [0.2, 0.25) is 0 Å². The Morgan fingerprint density at radius 1 is 1.04 bits per heavy atom. The Kier molecular flexibility index (Phi) is 5.20. The van der Waals surface area contributed by atoms with E-state index in [9.17, 15) is 4.79 Å². The summed E-state index contributed by atoms with van der Waals surface area (Å²) in [6.45, 7) is 3.54. The molecule has 0 radical (unpaired) electrons. The molecule has 4 rings (SSSR count). The second kappa shape index (κ2) is 7.76. The molecule has 1 aromatic heterocycles. The zero-order chi connectivity index (χ0) is 18.8. The van der Waals surface area contributed by atoms with Crippen molar-refractivity contribution < 1.29 is 4.79 Å². The van der Waals surface area contributed by atoms with Crippen LogP contribution in [0.5, 0.6) is 0 Å². The Morgan fingerprint density at radius 2 is 1.81 bits per heavy atom. The van der Waals surface area contributed by atoms with Crippen molar-refractivity contribution in [1.29, 1.82) is 0 Å². The molecule has 1 aliphatic heterocycles. The minimum Gasteiger partial charge on any atom is -0.304 e. The van der Waals surface area contributed by atoms with Crippen molar-refractivity contribution >= 4 is 32.7 Å². The summed E-state index contributed by atoms with van der Waals surface area (Å²) in [5.74, 6) is -0.0885. The third kappa shape index (κ3) is 4.03. The third-order valence-electron chi connectivity index (χ3n) is 4.84. The van der Waals surface area contributed by atoms with Gasteiger partial charge >= 0.3 is 0 Å². The van der Waals surface area contributed by atoms with Gasteiger partial charge in [-0.15, -0.1) is 0 Å². The summed E-state index contributed by atoms with van der Waals surface area (Å²) in [5.41, 5.74) is 6.30. The van der Waals surface area contributed by atoms with E-state index < -0.39 is 0 Å². The molecule has 1 N–H and O–H groups in total. The number of piperazine rings is 1. The van der Waals surface area contributed by atoms with Crippen LogP contribution in [-0.2, 0) is 0 Å². The number of hydrogen-bond donors (Lipinski definition) is 1. The van der Waals surface area contributed by atoms with Crippen LogP contribution >= 0.6 is 15.9 Å². The molecular weight excluding hydrogens is 404 g/mol. The summed E-state index contributed by atoms with van der Waals surface area (Å²) in [5, 5.41) is 2.86. The maximum absolute atomic E-state index is 13.1. The normalized spacial score (nSPS) is 15.8. The molecule has 0 spiro atoms. The number of carbonyl (C=O) groups is 1. The van der Waals surface area contributed by atoms with Crippen LogP contribution < -0.4 is 5.43 Å².